The summed E-state index contributed by atoms with van der Waals surface area (Å²) in [7, 11) is 0. The summed E-state index contributed by atoms with van der Waals surface area (Å²) in [6.45, 7) is 1.88. The van der Waals surface area contributed by atoms with E-state index in [1.54, 1.807) is 12.1 Å². The number of benzene rings is 1. The summed E-state index contributed by atoms with van der Waals surface area (Å²) in [5.41, 5.74) is 1.51. The van der Waals surface area contributed by atoms with E-state index in [9.17, 15) is 4.79 Å². The number of ether oxygens (including phenoxy) is 1. The summed E-state index contributed by atoms with van der Waals surface area (Å²) >= 11 is 1.52. The topological polar surface area (TPSA) is 65.2 Å². The van der Waals surface area contributed by atoms with E-state index in [0.717, 1.165) is 10.4 Å². The van der Waals surface area contributed by atoms with E-state index in [1.165, 1.54) is 11.3 Å². The van der Waals surface area contributed by atoms with Gasteiger partial charge in [0.25, 0.3) is 5.89 Å². The first kappa shape index (κ1) is 13.5. The van der Waals surface area contributed by atoms with Gasteiger partial charge in [0.1, 0.15) is 0 Å². The third-order valence-corrected chi connectivity index (χ3v) is 3.66. The van der Waals surface area contributed by atoms with Crippen LogP contribution in [0.1, 0.15) is 21.8 Å². The third kappa shape index (κ3) is 3.17. The van der Waals surface area contributed by atoms with Crippen molar-refractivity contribution in [2.24, 2.45) is 0 Å². The lowest BCUT2D eigenvalue weighted by Crippen LogP contribution is -2.05. The van der Waals surface area contributed by atoms with Crippen LogP contribution >= 0.6 is 11.3 Å². The van der Waals surface area contributed by atoms with E-state index in [1.807, 2.05) is 36.6 Å². The Balaban J connectivity index is 1.64. The van der Waals surface area contributed by atoms with Crippen LogP contribution in [0.3, 0.4) is 0 Å². The molecule has 3 aromatic rings. The lowest BCUT2D eigenvalue weighted by Gasteiger charge is -2.02. The van der Waals surface area contributed by atoms with Crippen LogP contribution in [0.4, 0.5) is 0 Å². The fraction of sp³-hybridized carbons (Fsp3) is 0.133. The van der Waals surface area contributed by atoms with Gasteiger partial charge in [0.15, 0.2) is 6.61 Å². The van der Waals surface area contributed by atoms with Crippen molar-refractivity contribution in [2.75, 3.05) is 0 Å². The zero-order valence-electron chi connectivity index (χ0n) is 11.3. The van der Waals surface area contributed by atoms with Gasteiger partial charge in [-0.3, -0.25) is 0 Å². The summed E-state index contributed by atoms with van der Waals surface area (Å²) < 4.78 is 10.2. The van der Waals surface area contributed by atoms with Crippen molar-refractivity contribution in [1.29, 1.82) is 0 Å². The highest BCUT2D eigenvalue weighted by Gasteiger charge is 2.12. The van der Waals surface area contributed by atoms with Gasteiger partial charge >= 0.3 is 5.97 Å². The number of thiophene rings is 1. The van der Waals surface area contributed by atoms with Gasteiger partial charge in [0.05, 0.1) is 10.4 Å². The van der Waals surface area contributed by atoms with Crippen LogP contribution in [0.25, 0.3) is 10.7 Å². The van der Waals surface area contributed by atoms with Crippen molar-refractivity contribution < 1.29 is 14.1 Å². The molecule has 0 saturated heterocycles. The fourth-order valence-corrected chi connectivity index (χ4v) is 2.45. The first-order chi connectivity index (χ1) is 10.2. The number of rotatable bonds is 4. The van der Waals surface area contributed by atoms with Gasteiger partial charge in [-0.2, -0.15) is 4.98 Å². The van der Waals surface area contributed by atoms with Crippen molar-refractivity contribution in [2.45, 2.75) is 13.5 Å². The van der Waals surface area contributed by atoms with Crippen molar-refractivity contribution >= 4 is 17.3 Å². The predicted molar refractivity (Wildman–Crippen MR) is 77.9 cm³/mol. The Morgan fingerprint density at radius 1 is 1.33 bits per heavy atom. The number of carbonyl (C=O) groups is 1. The normalized spacial score (nSPS) is 10.5. The molecule has 5 nitrogen and oxygen atoms in total. The lowest BCUT2D eigenvalue weighted by atomic mass is 10.1. The van der Waals surface area contributed by atoms with Crippen LogP contribution < -0.4 is 0 Å². The van der Waals surface area contributed by atoms with E-state index < -0.39 is 5.97 Å². The Hall–Kier alpha value is -2.47. The molecule has 0 aliphatic heterocycles. The molecule has 0 bridgehead atoms. The Kier molecular flexibility index (Phi) is 3.79. The van der Waals surface area contributed by atoms with Crippen LogP contribution in [-0.2, 0) is 11.3 Å². The molecular weight excluding hydrogens is 288 g/mol. The molecule has 3 rings (SSSR count). The highest BCUT2D eigenvalue weighted by Crippen LogP contribution is 2.21. The van der Waals surface area contributed by atoms with Gasteiger partial charge in [0.2, 0.25) is 5.82 Å². The second-order valence-electron chi connectivity index (χ2n) is 4.43. The largest absolute Gasteiger partial charge is 0.452 e. The molecule has 1 aromatic carbocycles. The average molecular weight is 300 g/mol. The first-order valence-corrected chi connectivity index (χ1v) is 7.20. The van der Waals surface area contributed by atoms with E-state index in [-0.39, 0.29) is 12.5 Å². The maximum atomic E-state index is 11.9. The number of aromatic nitrogens is 2. The highest BCUT2D eigenvalue weighted by molar-refractivity contribution is 7.13. The summed E-state index contributed by atoms with van der Waals surface area (Å²) in [4.78, 5) is 17.0. The number of aryl methyl sites for hydroxylation is 1. The molecule has 0 amide bonds. The van der Waals surface area contributed by atoms with Crippen LogP contribution in [0.5, 0.6) is 0 Å². The zero-order chi connectivity index (χ0) is 14.7. The van der Waals surface area contributed by atoms with E-state index >= 15 is 0 Å². The van der Waals surface area contributed by atoms with Crippen LogP contribution in [0.2, 0.25) is 0 Å². The molecule has 6 heteroatoms. The SMILES string of the molecule is Cc1cccc(C(=O)OCc2nc(-c3cccs3)no2)c1. The maximum Gasteiger partial charge on any atom is 0.338 e. The molecular formula is C15H12N2O3S. The number of esters is 1. The average Bonchev–Trinajstić information content (AvgIpc) is 3.15. The van der Waals surface area contributed by atoms with E-state index in [2.05, 4.69) is 10.1 Å². The number of carbonyl (C=O) groups excluding carboxylic acids is 1. The van der Waals surface area contributed by atoms with Gasteiger partial charge < -0.3 is 9.26 Å². The molecule has 0 aliphatic rings. The lowest BCUT2D eigenvalue weighted by molar-refractivity contribution is 0.0429. The smallest absolute Gasteiger partial charge is 0.338 e. The maximum absolute atomic E-state index is 11.9. The molecule has 2 aromatic heterocycles. The fourth-order valence-electron chi connectivity index (χ4n) is 1.80. The number of hydrogen-bond donors (Lipinski definition) is 0. The van der Waals surface area contributed by atoms with Crippen molar-refractivity contribution in [3.05, 3.63) is 58.8 Å². The van der Waals surface area contributed by atoms with Crippen LogP contribution in [-0.4, -0.2) is 16.1 Å². The Labute approximate surface area is 125 Å². The Morgan fingerprint density at radius 2 is 2.24 bits per heavy atom. The minimum absolute atomic E-state index is 0.0366. The minimum Gasteiger partial charge on any atom is -0.452 e. The Bertz CT molecular complexity index is 750. The van der Waals surface area contributed by atoms with Gasteiger partial charge in [0, 0.05) is 0 Å². The van der Waals surface area contributed by atoms with Crippen molar-refractivity contribution in [3.63, 3.8) is 0 Å². The van der Waals surface area contributed by atoms with Crippen LogP contribution in [0.15, 0.2) is 46.3 Å². The second kappa shape index (κ2) is 5.88. The highest BCUT2D eigenvalue weighted by atomic mass is 32.1. The van der Waals surface area contributed by atoms with Gasteiger partial charge in [-0.05, 0) is 30.5 Å². The monoisotopic (exact) mass is 300 g/mol. The standard InChI is InChI=1S/C15H12N2O3S/c1-10-4-2-5-11(8-10)15(18)19-9-13-16-14(17-20-13)12-6-3-7-21-12/h2-8H,9H2,1H3. The summed E-state index contributed by atoms with van der Waals surface area (Å²) in [5, 5.41) is 5.79. The molecule has 21 heavy (non-hydrogen) atoms. The van der Waals surface area contributed by atoms with Crippen molar-refractivity contribution in [1.82, 2.24) is 10.1 Å². The quantitative estimate of drug-likeness (QED) is 0.690. The summed E-state index contributed by atoms with van der Waals surface area (Å²) in [6, 6.07) is 11.0. The third-order valence-electron chi connectivity index (χ3n) is 2.79. The molecule has 0 unspecified atom stereocenters. The Morgan fingerprint density at radius 3 is 3.00 bits per heavy atom. The number of hydrogen-bond acceptors (Lipinski definition) is 6. The van der Waals surface area contributed by atoms with Crippen molar-refractivity contribution in [3.8, 4) is 10.7 Å². The molecule has 0 radical (unpaired) electrons. The van der Waals surface area contributed by atoms with E-state index in [4.69, 9.17) is 9.26 Å². The van der Waals surface area contributed by atoms with Gasteiger partial charge in [-0.1, -0.05) is 28.9 Å². The van der Waals surface area contributed by atoms with Gasteiger partial charge in [-0.15, -0.1) is 11.3 Å². The van der Waals surface area contributed by atoms with Gasteiger partial charge in [-0.25, -0.2) is 4.79 Å². The molecule has 106 valence electrons. The summed E-state index contributed by atoms with van der Waals surface area (Å²) in [6.07, 6.45) is 0. The second-order valence-corrected chi connectivity index (χ2v) is 5.38. The molecule has 0 spiro atoms. The van der Waals surface area contributed by atoms with E-state index in [0.29, 0.717) is 11.4 Å². The number of nitrogens with zero attached hydrogens (tertiary/aromatic N) is 2. The minimum atomic E-state index is -0.408. The summed E-state index contributed by atoms with van der Waals surface area (Å²) in [5.74, 6) is 0.376. The molecule has 0 saturated carbocycles. The molecule has 0 N–H and O–H groups in total. The first-order valence-electron chi connectivity index (χ1n) is 6.32. The molecule has 0 atom stereocenters. The van der Waals surface area contributed by atoms with Crippen LogP contribution in [0, 0.1) is 6.92 Å². The predicted octanol–water partition coefficient (Wildman–Crippen LogP) is 3.46. The molecule has 2 heterocycles. The zero-order valence-corrected chi connectivity index (χ0v) is 12.1. The molecule has 0 fully saturated rings. The molecule has 0 aliphatic carbocycles.